The first-order valence-corrected chi connectivity index (χ1v) is 24.9. The minimum Gasteiger partial charge on any atom is -0.299 e. The Morgan fingerprint density at radius 1 is 0.309 bits per heavy atom. The molecular weight excluding hydrogens is 819 g/mol. The van der Waals surface area contributed by atoms with Crippen LogP contribution in [0.3, 0.4) is 0 Å². The summed E-state index contributed by atoms with van der Waals surface area (Å²) in [5.41, 5.74) is 20.4. The first kappa shape index (κ1) is 44.5. The fourth-order valence-corrected chi connectivity index (χ4v) is 10.4. The molecule has 10 rings (SSSR count). The van der Waals surface area contributed by atoms with Crippen LogP contribution in [-0.4, -0.2) is 18.0 Å². The van der Waals surface area contributed by atoms with Gasteiger partial charge in [0.15, 0.2) is 0 Å². The Hall–Kier alpha value is -7.32. The minimum absolute atomic E-state index is 0.856. The summed E-state index contributed by atoms with van der Waals surface area (Å²) in [5.74, 6) is 0. The van der Waals surface area contributed by atoms with Gasteiger partial charge in [0, 0.05) is 6.54 Å². The molecule has 0 aliphatic carbocycles. The van der Waals surface area contributed by atoms with Gasteiger partial charge in [0.2, 0.25) is 0 Å². The summed E-state index contributed by atoms with van der Waals surface area (Å²) < 4.78 is 0. The molecule has 0 heterocycles. The molecule has 0 atom stereocenters. The lowest BCUT2D eigenvalue weighted by molar-refractivity contribution is 0.258. The summed E-state index contributed by atoms with van der Waals surface area (Å²) in [6.45, 7) is 10.0. The van der Waals surface area contributed by atoms with Crippen molar-refractivity contribution in [2.24, 2.45) is 0 Å². The van der Waals surface area contributed by atoms with Crippen LogP contribution in [0.1, 0.15) is 57.6 Å². The van der Waals surface area contributed by atoms with E-state index < -0.39 is 0 Å². The van der Waals surface area contributed by atoms with Crippen LogP contribution in [0.5, 0.6) is 0 Å². The molecule has 10 aromatic rings. The lowest BCUT2D eigenvalue weighted by Crippen LogP contribution is -2.26. The van der Waals surface area contributed by atoms with E-state index in [2.05, 4.69) is 244 Å². The Morgan fingerprint density at radius 2 is 0.632 bits per heavy atom. The normalized spacial score (nSPS) is 11.5. The van der Waals surface area contributed by atoms with Gasteiger partial charge in [0.05, 0.1) is 0 Å². The molecule has 0 saturated carbocycles. The fraction of sp³-hybridized carbons (Fsp3) is 0.164. The second-order valence-electron chi connectivity index (χ2n) is 18.4. The van der Waals surface area contributed by atoms with E-state index >= 15 is 0 Å². The number of hydrogen-bond donors (Lipinski definition) is 0. The van der Waals surface area contributed by atoms with Crippen molar-refractivity contribution >= 4 is 21.5 Å². The summed E-state index contributed by atoms with van der Waals surface area (Å²) in [7, 11) is 0. The average molecular weight is 880 g/mol. The van der Waals surface area contributed by atoms with E-state index in [4.69, 9.17) is 0 Å². The van der Waals surface area contributed by atoms with E-state index in [-0.39, 0.29) is 0 Å². The van der Waals surface area contributed by atoms with Crippen LogP contribution in [0, 0.1) is 0 Å². The molecule has 0 aliphatic rings. The smallest absolute Gasteiger partial charge is 0.0246 e. The molecule has 68 heavy (non-hydrogen) atoms. The molecule has 10 aromatic carbocycles. The lowest BCUT2D eigenvalue weighted by Gasteiger charge is -2.29. The van der Waals surface area contributed by atoms with Crippen LogP contribution in [0.15, 0.2) is 218 Å². The molecule has 0 spiro atoms. The number of unbranched alkanes of at least 4 members (excludes halogenated alkanes) is 2. The van der Waals surface area contributed by atoms with Crippen LogP contribution in [0.4, 0.5) is 0 Å². The van der Waals surface area contributed by atoms with E-state index in [1.165, 1.54) is 136 Å². The highest BCUT2D eigenvalue weighted by atomic mass is 15.1. The molecule has 0 fully saturated rings. The Morgan fingerprint density at radius 3 is 1.00 bits per heavy atom. The van der Waals surface area contributed by atoms with Gasteiger partial charge < -0.3 is 0 Å². The number of nitrogens with zero attached hydrogens (tertiary/aromatic N) is 1. The van der Waals surface area contributed by atoms with E-state index in [0.717, 1.165) is 26.1 Å². The van der Waals surface area contributed by atoms with Crippen molar-refractivity contribution in [2.45, 2.75) is 59.4 Å². The zero-order chi connectivity index (χ0) is 46.2. The quantitative estimate of drug-likeness (QED) is 0.0935. The van der Waals surface area contributed by atoms with Crippen molar-refractivity contribution in [3.8, 4) is 77.9 Å². The van der Waals surface area contributed by atoms with Gasteiger partial charge in [-0.2, -0.15) is 0 Å². The molecule has 0 bridgehead atoms. The fourth-order valence-electron chi connectivity index (χ4n) is 10.4. The summed E-state index contributed by atoms with van der Waals surface area (Å²) in [4.78, 5) is 2.76. The molecule has 334 valence electrons. The second-order valence-corrected chi connectivity index (χ2v) is 18.4. The van der Waals surface area contributed by atoms with Gasteiger partial charge in [-0.25, -0.2) is 0 Å². The molecule has 0 saturated heterocycles. The molecule has 1 nitrogen and oxygen atoms in total. The van der Waals surface area contributed by atoms with Crippen molar-refractivity contribution in [2.75, 3.05) is 13.1 Å². The van der Waals surface area contributed by atoms with Gasteiger partial charge >= 0.3 is 0 Å². The summed E-state index contributed by atoms with van der Waals surface area (Å²) in [5, 5.41) is 5.12. The Labute approximate surface area is 404 Å². The first-order chi connectivity index (χ1) is 33.6. The van der Waals surface area contributed by atoms with Gasteiger partial charge in [-0.1, -0.05) is 203 Å². The molecule has 0 N–H and O–H groups in total. The highest BCUT2D eigenvalue weighted by Crippen LogP contribution is 2.48. The largest absolute Gasteiger partial charge is 0.299 e. The summed E-state index contributed by atoms with van der Waals surface area (Å²) in [6, 6.07) is 81.5. The molecule has 0 amide bonds. The first-order valence-electron chi connectivity index (χ1n) is 24.9. The van der Waals surface area contributed by atoms with Gasteiger partial charge in [0.1, 0.15) is 0 Å². The van der Waals surface area contributed by atoms with Gasteiger partial charge in [-0.3, -0.25) is 4.90 Å². The molecular formula is C67H61N. The highest BCUT2D eigenvalue weighted by molar-refractivity contribution is 6.12. The van der Waals surface area contributed by atoms with Crippen molar-refractivity contribution in [1.29, 1.82) is 0 Å². The van der Waals surface area contributed by atoms with Crippen LogP contribution in [-0.2, 0) is 13.0 Å². The molecule has 0 aromatic heterocycles. The van der Waals surface area contributed by atoms with Gasteiger partial charge in [-0.15, -0.1) is 0 Å². The molecule has 1 heteroatoms. The van der Waals surface area contributed by atoms with Crippen LogP contribution >= 0.6 is 0 Å². The third-order valence-electron chi connectivity index (χ3n) is 13.9. The lowest BCUT2D eigenvalue weighted by atomic mass is 9.79. The average Bonchev–Trinajstić information content (AvgIpc) is 3.41. The highest BCUT2D eigenvalue weighted by Gasteiger charge is 2.25. The number of benzene rings is 10. The zero-order valence-corrected chi connectivity index (χ0v) is 39.9. The Kier molecular flexibility index (Phi) is 13.5. The number of hydrogen-bond acceptors (Lipinski definition) is 1. The standard InChI is InChI=1S/C67H61N/c1-4-7-37-68(38-8-5-2)47-65-64(59-43-56(50-29-17-11-18-30-50)40-57(44-59)51-31-19-12-20-32-51)46-53-34-22-24-36-62(53)67(65)66-60(6-3)63(45-52-33-21-23-35-61(52)66)58-41-54(48-25-13-9-14-26-48)39-55(42-58)49-27-15-10-16-28-49/h9-36,39-46H,4-8,37-38,47H2,1-3H3. The zero-order valence-electron chi connectivity index (χ0n) is 39.9. The topological polar surface area (TPSA) is 3.24 Å². The van der Waals surface area contributed by atoms with Crippen molar-refractivity contribution in [1.82, 2.24) is 4.90 Å². The maximum Gasteiger partial charge on any atom is 0.0246 e. The molecule has 0 radical (unpaired) electrons. The SMILES string of the molecule is CCCCN(CCCC)Cc1c(-c2cc(-c3ccccc3)cc(-c3ccccc3)c2)cc2ccccc2c1-c1c(CC)c(-c2cc(-c3ccccc3)cc(-c3ccccc3)c2)cc2ccccc12. The van der Waals surface area contributed by atoms with Crippen LogP contribution in [0.2, 0.25) is 0 Å². The van der Waals surface area contributed by atoms with E-state index in [1.807, 2.05) is 0 Å². The number of rotatable bonds is 16. The third kappa shape index (κ3) is 9.33. The second kappa shape index (κ2) is 20.7. The predicted octanol–water partition coefficient (Wildman–Crippen LogP) is 18.6. The monoisotopic (exact) mass is 879 g/mol. The minimum atomic E-state index is 0.856. The molecule has 0 aliphatic heterocycles. The van der Waals surface area contributed by atoms with Crippen LogP contribution in [0.25, 0.3) is 99.4 Å². The van der Waals surface area contributed by atoms with Gasteiger partial charge in [-0.05, 0) is 191 Å². The Balaban J connectivity index is 1.32. The third-order valence-corrected chi connectivity index (χ3v) is 13.9. The van der Waals surface area contributed by atoms with Crippen molar-refractivity contribution in [3.63, 3.8) is 0 Å². The maximum absolute atomic E-state index is 2.76. The molecule has 0 unspecified atom stereocenters. The summed E-state index contributed by atoms with van der Waals surface area (Å²) >= 11 is 0. The van der Waals surface area contributed by atoms with E-state index in [0.29, 0.717) is 0 Å². The summed E-state index contributed by atoms with van der Waals surface area (Å²) in [6.07, 6.45) is 5.55. The van der Waals surface area contributed by atoms with E-state index in [1.54, 1.807) is 0 Å². The predicted molar refractivity (Wildman–Crippen MR) is 294 cm³/mol. The van der Waals surface area contributed by atoms with Crippen LogP contribution < -0.4 is 0 Å². The van der Waals surface area contributed by atoms with Crippen molar-refractivity contribution < 1.29 is 0 Å². The van der Waals surface area contributed by atoms with Crippen molar-refractivity contribution in [3.05, 3.63) is 230 Å². The maximum atomic E-state index is 2.76. The van der Waals surface area contributed by atoms with Gasteiger partial charge in [0.25, 0.3) is 0 Å². The number of fused-ring (bicyclic) bond motifs is 2. The Bertz CT molecular complexity index is 3170. The van der Waals surface area contributed by atoms with E-state index in [9.17, 15) is 0 Å².